The van der Waals surface area contributed by atoms with E-state index >= 15 is 0 Å². The molecule has 0 aromatic carbocycles. The van der Waals surface area contributed by atoms with Crippen LogP contribution >= 0.6 is 11.3 Å². The van der Waals surface area contributed by atoms with Crippen LogP contribution in [0, 0.1) is 5.92 Å². The molecule has 5 nitrogen and oxygen atoms in total. The molecular weight excluding hydrogens is 228 g/mol. The summed E-state index contributed by atoms with van der Waals surface area (Å²) in [5.74, 6) is -0.347. The second kappa shape index (κ2) is 5.27. The summed E-state index contributed by atoms with van der Waals surface area (Å²) in [5, 5.41) is 14.1. The number of aromatic nitrogens is 1. The van der Waals surface area contributed by atoms with Gasteiger partial charge in [0.2, 0.25) is 0 Å². The number of carbonyl (C=O) groups is 1. The third-order valence-electron chi connectivity index (χ3n) is 2.58. The van der Waals surface area contributed by atoms with Crippen LogP contribution in [0.3, 0.4) is 0 Å². The summed E-state index contributed by atoms with van der Waals surface area (Å²) in [4.78, 5) is 14.5. The lowest BCUT2D eigenvalue weighted by Crippen LogP contribution is -2.09. The molecule has 1 aromatic heterocycles. The van der Waals surface area contributed by atoms with E-state index < -0.39 is 5.97 Å². The van der Waals surface area contributed by atoms with E-state index in [2.05, 4.69) is 10.3 Å². The van der Waals surface area contributed by atoms with Crippen LogP contribution in [0.5, 0.6) is 0 Å². The van der Waals surface area contributed by atoms with Crippen molar-refractivity contribution >= 4 is 22.4 Å². The summed E-state index contributed by atoms with van der Waals surface area (Å²) in [6, 6.07) is 0. The van der Waals surface area contributed by atoms with E-state index in [1.54, 1.807) is 5.38 Å². The highest BCUT2D eigenvalue weighted by molar-refractivity contribution is 7.13. The number of aromatic carboxylic acids is 1. The molecule has 0 aliphatic carbocycles. The number of thiazole rings is 1. The lowest BCUT2D eigenvalue weighted by molar-refractivity contribution is 0.0691. The molecule has 1 saturated heterocycles. The molecule has 0 saturated carbocycles. The number of rotatable bonds is 5. The first-order valence-corrected chi connectivity index (χ1v) is 6.14. The van der Waals surface area contributed by atoms with Gasteiger partial charge < -0.3 is 15.2 Å². The summed E-state index contributed by atoms with van der Waals surface area (Å²) < 4.78 is 5.28. The van der Waals surface area contributed by atoms with Crippen LogP contribution in [0.4, 0.5) is 5.13 Å². The van der Waals surface area contributed by atoms with E-state index in [1.807, 2.05) is 0 Å². The van der Waals surface area contributed by atoms with Crippen LogP contribution < -0.4 is 5.32 Å². The number of hydrogen-bond acceptors (Lipinski definition) is 5. The molecule has 2 heterocycles. The van der Waals surface area contributed by atoms with Crippen molar-refractivity contribution in [3.8, 4) is 0 Å². The third kappa shape index (κ3) is 2.93. The van der Waals surface area contributed by atoms with Gasteiger partial charge in [-0.3, -0.25) is 0 Å². The van der Waals surface area contributed by atoms with E-state index in [0.717, 1.165) is 32.6 Å². The van der Waals surface area contributed by atoms with Crippen molar-refractivity contribution in [2.45, 2.75) is 12.8 Å². The number of carboxylic acid groups (broad SMARTS) is 1. The van der Waals surface area contributed by atoms with E-state index in [0.29, 0.717) is 11.0 Å². The molecule has 0 bridgehead atoms. The van der Waals surface area contributed by atoms with Gasteiger partial charge in [0.25, 0.3) is 0 Å². The van der Waals surface area contributed by atoms with Crippen molar-refractivity contribution in [1.29, 1.82) is 0 Å². The average molecular weight is 242 g/mol. The minimum atomic E-state index is -0.978. The first-order chi connectivity index (χ1) is 7.75. The number of nitrogens with zero attached hydrogens (tertiary/aromatic N) is 1. The molecule has 2 rings (SSSR count). The Morgan fingerprint density at radius 3 is 3.25 bits per heavy atom. The molecule has 1 aromatic rings. The normalized spacial score (nSPS) is 19.9. The molecule has 0 spiro atoms. The van der Waals surface area contributed by atoms with Gasteiger partial charge in [0.1, 0.15) is 0 Å². The van der Waals surface area contributed by atoms with Crippen LogP contribution in [-0.2, 0) is 4.74 Å². The molecule has 1 atom stereocenters. The zero-order chi connectivity index (χ0) is 11.4. The van der Waals surface area contributed by atoms with Gasteiger partial charge in [0, 0.05) is 25.1 Å². The highest BCUT2D eigenvalue weighted by atomic mass is 32.1. The second-order valence-electron chi connectivity index (χ2n) is 3.79. The lowest BCUT2D eigenvalue weighted by atomic mass is 10.1. The summed E-state index contributed by atoms with van der Waals surface area (Å²) in [6.45, 7) is 2.53. The monoisotopic (exact) mass is 242 g/mol. The predicted molar refractivity (Wildman–Crippen MR) is 61.1 cm³/mol. The van der Waals surface area contributed by atoms with Crippen LogP contribution in [0.25, 0.3) is 0 Å². The third-order valence-corrected chi connectivity index (χ3v) is 3.38. The number of anilines is 1. The highest BCUT2D eigenvalue weighted by Gasteiger charge is 2.15. The fraction of sp³-hybridized carbons (Fsp3) is 0.600. The Morgan fingerprint density at radius 1 is 1.75 bits per heavy atom. The van der Waals surface area contributed by atoms with Crippen molar-refractivity contribution < 1.29 is 14.6 Å². The molecule has 16 heavy (non-hydrogen) atoms. The molecule has 1 unspecified atom stereocenters. The van der Waals surface area contributed by atoms with Crippen LogP contribution in [0.1, 0.15) is 23.3 Å². The maximum Gasteiger partial charge on any atom is 0.355 e. The maximum absolute atomic E-state index is 10.6. The lowest BCUT2D eigenvalue weighted by Gasteiger charge is -2.07. The van der Waals surface area contributed by atoms with Crippen LogP contribution in [0.2, 0.25) is 0 Å². The number of carboxylic acids is 1. The second-order valence-corrected chi connectivity index (χ2v) is 4.65. The zero-order valence-electron chi connectivity index (χ0n) is 8.81. The highest BCUT2D eigenvalue weighted by Crippen LogP contribution is 2.18. The van der Waals surface area contributed by atoms with Crippen LogP contribution in [-0.4, -0.2) is 35.8 Å². The van der Waals surface area contributed by atoms with Gasteiger partial charge in [-0.2, -0.15) is 0 Å². The van der Waals surface area contributed by atoms with E-state index in [9.17, 15) is 4.79 Å². The first-order valence-electron chi connectivity index (χ1n) is 5.26. The number of hydrogen-bond donors (Lipinski definition) is 2. The average Bonchev–Trinajstić information content (AvgIpc) is 2.87. The van der Waals surface area contributed by atoms with Crippen molar-refractivity contribution in [2.24, 2.45) is 5.92 Å². The molecule has 2 N–H and O–H groups in total. The van der Waals surface area contributed by atoms with Gasteiger partial charge in [-0.05, 0) is 18.8 Å². The maximum atomic E-state index is 10.6. The largest absolute Gasteiger partial charge is 0.476 e. The Labute approximate surface area is 97.5 Å². The van der Waals surface area contributed by atoms with Gasteiger partial charge >= 0.3 is 5.97 Å². The molecule has 0 radical (unpaired) electrons. The minimum absolute atomic E-state index is 0.108. The Hall–Kier alpha value is -1.14. The molecular formula is C10H14N2O3S. The quantitative estimate of drug-likeness (QED) is 0.822. The van der Waals surface area contributed by atoms with Gasteiger partial charge in [-0.15, -0.1) is 11.3 Å². The van der Waals surface area contributed by atoms with Crippen LogP contribution in [0.15, 0.2) is 5.38 Å². The number of ether oxygens (including phenoxy) is 1. The topological polar surface area (TPSA) is 71.5 Å². The molecule has 1 aliphatic rings. The predicted octanol–water partition coefficient (Wildman–Crippen LogP) is 1.68. The zero-order valence-corrected chi connectivity index (χ0v) is 9.63. The molecule has 1 aliphatic heterocycles. The smallest absolute Gasteiger partial charge is 0.355 e. The Morgan fingerprint density at radius 2 is 2.62 bits per heavy atom. The van der Waals surface area contributed by atoms with E-state index in [-0.39, 0.29) is 5.69 Å². The Balaban J connectivity index is 1.74. The van der Waals surface area contributed by atoms with E-state index in [1.165, 1.54) is 11.3 Å². The Kier molecular flexibility index (Phi) is 3.74. The molecule has 88 valence electrons. The first kappa shape index (κ1) is 11.3. The summed E-state index contributed by atoms with van der Waals surface area (Å²) >= 11 is 1.33. The van der Waals surface area contributed by atoms with Crippen molar-refractivity contribution in [3.05, 3.63) is 11.1 Å². The SMILES string of the molecule is O=C(O)c1csc(NCCC2CCOC2)n1. The Bertz CT molecular complexity index is 361. The fourth-order valence-corrected chi connectivity index (χ4v) is 2.36. The minimum Gasteiger partial charge on any atom is -0.476 e. The van der Waals surface area contributed by atoms with Gasteiger partial charge in [-0.1, -0.05) is 0 Å². The molecule has 6 heteroatoms. The van der Waals surface area contributed by atoms with Crippen molar-refractivity contribution in [2.75, 3.05) is 25.1 Å². The van der Waals surface area contributed by atoms with Gasteiger partial charge in [0.05, 0.1) is 0 Å². The summed E-state index contributed by atoms with van der Waals surface area (Å²) in [5.41, 5.74) is 0.108. The summed E-state index contributed by atoms with van der Waals surface area (Å²) in [6.07, 6.45) is 2.17. The fourth-order valence-electron chi connectivity index (χ4n) is 1.65. The van der Waals surface area contributed by atoms with Gasteiger partial charge in [0.15, 0.2) is 10.8 Å². The number of nitrogens with one attached hydrogen (secondary N) is 1. The molecule has 1 fully saturated rings. The van der Waals surface area contributed by atoms with Crippen molar-refractivity contribution in [3.63, 3.8) is 0 Å². The van der Waals surface area contributed by atoms with Crippen molar-refractivity contribution in [1.82, 2.24) is 4.98 Å². The standard InChI is InChI=1S/C10H14N2O3S/c13-9(14)8-6-16-10(12-8)11-3-1-7-2-4-15-5-7/h6-7H,1-5H2,(H,11,12)(H,13,14). The van der Waals surface area contributed by atoms with E-state index in [4.69, 9.17) is 9.84 Å². The van der Waals surface area contributed by atoms with Gasteiger partial charge in [-0.25, -0.2) is 9.78 Å². The summed E-state index contributed by atoms with van der Waals surface area (Å²) in [7, 11) is 0. The molecule has 0 amide bonds.